The van der Waals surface area contributed by atoms with E-state index in [-0.39, 0.29) is 16.4 Å². The normalized spacial score (nSPS) is 13.0. The highest BCUT2D eigenvalue weighted by molar-refractivity contribution is 7.91. The molecule has 0 saturated carbocycles. The first kappa shape index (κ1) is 16.7. The summed E-state index contributed by atoms with van der Waals surface area (Å²) < 4.78 is 25.1. The van der Waals surface area contributed by atoms with Crippen LogP contribution in [0.3, 0.4) is 0 Å². The van der Waals surface area contributed by atoms with Crippen molar-refractivity contribution in [1.82, 2.24) is 0 Å². The van der Waals surface area contributed by atoms with E-state index in [1.54, 1.807) is 48.5 Å². The molecule has 2 N–H and O–H groups in total. The van der Waals surface area contributed by atoms with E-state index in [1.807, 2.05) is 7.85 Å². The van der Waals surface area contributed by atoms with Crippen LogP contribution in [0.2, 0.25) is 0 Å². The van der Waals surface area contributed by atoms with Crippen molar-refractivity contribution in [2.75, 3.05) is 6.61 Å². The second-order valence-electron chi connectivity index (χ2n) is 5.28. The number of hydrogen-bond acceptors (Lipinski definition) is 4. The number of aliphatic hydroxyl groups excluding tert-OH is 2. The first-order valence-corrected chi connectivity index (χ1v) is 8.62. The van der Waals surface area contributed by atoms with Gasteiger partial charge in [-0.2, -0.15) is 0 Å². The van der Waals surface area contributed by atoms with E-state index in [0.717, 1.165) is 11.0 Å². The third-order valence-corrected chi connectivity index (χ3v) is 5.40. The molecule has 0 bridgehead atoms. The smallest absolute Gasteiger partial charge is 0.206 e. The van der Waals surface area contributed by atoms with Crippen molar-refractivity contribution in [2.45, 2.75) is 28.7 Å². The lowest BCUT2D eigenvalue weighted by atomic mass is 9.88. The SMILES string of the molecule is Bc1cc(S(=O)(=O)c2ccccc2)ccc1CC[C@@H](O)CO. The molecule has 2 aromatic carbocycles. The molecule has 0 aliphatic heterocycles. The Balaban J connectivity index is 2.26. The molecule has 1 atom stereocenters. The van der Waals surface area contributed by atoms with Crippen molar-refractivity contribution in [1.29, 1.82) is 0 Å². The van der Waals surface area contributed by atoms with Crippen LogP contribution in [0.5, 0.6) is 0 Å². The summed E-state index contributed by atoms with van der Waals surface area (Å²) >= 11 is 0. The van der Waals surface area contributed by atoms with Gasteiger partial charge in [-0.25, -0.2) is 8.42 Å². The Morgan fingerprint density at radius 2 is 1.73 bits per heavy atom. The van der Waals surface area contributed by atoms with Gasteiger partial charge in [0.25, 0.3) is 0 Å². The summed E-state index contributed by atoms with van der Waals surface area (Å²) in [6.07, 6.45) is 0.300. The average Bonchev–Trinajstić information content (AvgIpc) is 2.54. The molecule has 0 aliphatic rings. The monoisotopic (exact) mass is 318 g/mol. The lowest BCUT2D eigenvalue weighted by Gasteiger charge is -2.11. The molecule has 2 aromatic rings. The van der Waals surface area contributed by atoms with E-state index in [4.69, 9.17) is 5.11 Å². The number of benzene rings is 2. The van der Waals surface area contributed by atoms with Gasteiger partial charge < -0.3 is 10.2 Å². The summed E-state index contributed by atoms with van der Waals surface area (Å²) in [6.45, 7) is -0.264. The van der Waals surface area contributed by atoms with Gasteiger partial charge in [0.15, 0.2) is 0 Å². The van der Waals surface area contributed by atoms with Crippen molar-refractivity contribution in [3.05, 3.63) is 54.1 Å². The Morgan fingerprint density at radius 1 is 1.05 bits per heavy atom. The molecule has 0 unspecified atom stereocenters. The molecule has 0 radical (unpaired) electrons. The molecular formula is C16H19BO4S. The van der Waals surface area contributed by atoms with Crippen LogP contribution >= 0.6 is 0 Å². The fraction of sp³-hybridized carbons (Fsp3) is 0.250. The van der Waals surface area contributed by atoms with Gasteiger partial charge in [-0.15, -0.1) is 0 Å². The standard InChI is InChI=1S/C16H19BO4S/c17-16-10-15(9-7-12(16)6-8-13(19)11-18)22(20,21)14-4-2-1-3-5-14/h1-5,7,9-10,13,18-19H,6,8,11,17H2/t13-/m1/s1. The summed E-state index contributed by atoms with van der Waals surface area (Å²) in [7, 11) is -1.65. The fourth-order valence-electron chi connectivity index (χ4n) is 2.27. The molecule has 0 aromatic heterocycles. The molecule has 22 heavy (non-hydrogen) atoms. The Labute approximate surface area is 131 Å². The summed E-state index contributed by atoms with van der Waals surface area (Å²) in [5.74, 6) is 0. The van der Waals surface area contributed by atoms with Gasteiger partial charge in [0.2, 0.25) is 9.84 Å². The highest BCUT2D eigenvalue weighted by Crippen LogP contribution is 2.20. The van der Waals surface area contributed by atoms with E-state index in [9.17, 15) is 13.5 Å². The van der Waals surface area contributed by atoms with Gasteiger partial charge in [-0.05, 0) is 37.1 Å². The van der Waals surface area contributed by atoms with Crippen LogP contribution in [0, 0.1) is 0 Å². The van der Waals surface area contributed by atoms with Crippen LogP contribution in [-0.4, -0.2) is 39.2 Å². The van der Waals surface area contributed by atoms with E-state index < -0.39 is 15.9 Å². The van der Waals surface area contributed by atoms with Crippen molar-refractivity contribution in [3.8, 4) is 0 Å². The predicted octanol–water partition coefficient (Wildman–Crippen LogP) is 0.0636. The quantitative estimate of drug-likeness (QED) is 0.739. The van der Waals surface area contributed by atoms with Crippen LogP contribution in [0.4, 0.5) is 0 Å². The molecule has 0 amide bonds. The van der Waals surface area contributed by atoms with Gasteiger partial charge in [-0.1, -0.05) is 35.3 Å². The summed E-state index contributed by atoms with van der Waals surface area (Å²) in [4.78, 5) is 0.542. The minimum Gasteiger partial charge on any atom is -0.394 e. The van der Waals surface area contributed by atoms with Crippen molar-refractivity contribution in [2.24, 2.45) is 0 Å². The second kappa shape index (κ2) is 7.09. The Kier molecular flexibility index (Phi) is 5.40. The summed E-state index contributed by atoms with van der Waals surface area (Å²) in [6, 6.07) is 13.4. The zero-order valence-corrected chi connectivity index (χ0v) is 13.3. The molecular weight excluding hydrogens is 299 g/mol. The molecule has 0 aliphatic carbocycles. The van der Waals surface area contributed by atoms with Gasteiger partial charge in [0, 0.05) is 0 Å². The molecule has 6 heteroatoms. The minimum absolute atomic E-state index is 0.264. The van der Waals surface area contributed by atoms with E-state index in [1.165, 1.54) is 0 Å². The van der Waals surface area contributed by atoms with Crippen LogP contribution in [0.1, 0.15) is 12.0 Å². The lowest BCUT2D eigenvalue weighted by Crippen LogP contribution is -2.18. The summed E-state index contributed by atoms with van der Waals surface area (Å²) in [5, 5.41) is 18.2. The fourth-order valence-corrected chi connectivity index (χ4v) is 3.63. The maximum absolute atomic E-state index is 12.5. The highest BCUT2D eigenvalue weighted by Gasteiger charge is 2.18. The van der Waals surface area contributed by atoms with Crippen LogP contribution in [0.15, 0.2) is 58.3 Å². The Hall–Kier alpha value is -1.63. The van der Waals surface area contributed by atoms with E-state index in [2.05, 4.69) is 0 Å². The van der Waals surface area contributed by atoms with Crippen LogP contribution in [0.25, 0.3) is 0 Å². The Morgan fingerprint density at radius 3 is 2.32 bits per heavy atom. The van der Waals surface area contributed by atoms with Gasteiger partial charge in [0.1, 0.15) is 7.85 Å². The average molecular weight is 318 g/mol. The third-order valence-electron chi connectivity index (χ3n) is 3.64. The molecule has 0 spiro atoms. The van der Waals surface area contributed by atoms with Crippen molar-refractivity contribution in [3.63, 3.8) is 0 Å². The van der Waals surface area contributed by atoms with Gasteiger partial charge in [-0.3, -0.25) is 0 Å². The largest absolute Gasteiger partial charge is 0.394 e. The summed E-state index contributed by atoms with van der Waals surface area (Å²) in [5.41, 5.74) is 1.83. The van der Waals surface area contributed by atoms with Gasteiger partial charge >= 0.3 is 0 Å². The number of sulfone groups is 1. The molecule has 2 rings (SSSR count). The Bertz CT molecular complexity index is 729. The number of rotatable bonds is 6. The second-order valence-corrected chi connectivity index (χ2v) is 7.23. The molecule has 4 nitrogen and oxygen atoms in total. The first-order valence-electron chi connectivity index (χ1n) is 7.13. The van der Waals surface area contributed by atoms with E-state index in [0.29, 0.717) is 12.8 Å². The molecule has 0 saturated heterocycles. The van der Waals surface area contributed by atoms with Crippen molar-refractivity contribution >= 4 is 23.1 Å². The maximum Gasteiger partial charge on any atom is 0.206 e. The van der Waals surface area contributed by atoms with Crippen LogP contribution < -0.4 is 5.46 Å². The number of aliphatic hydroxyl groups is 2. The van der Waals surface area contributed by atoms with Crippen molar-refractivity contribution < 1.29 is 18.6 Å². The maximum atomic E-state index is 12.5. The lowest BCUT2D eigenvalue weighted by molar-refractivity contribution is 0.0886. The molecule has 0 heterocycles. The van der Waals surface area contributed by atoms with Crippen LogP contribution in [-0.2, 0) is 16.3 Å². The first-order chi connectivity index (χ1) is 10.4. The number of aryl methyl sites for hydroxylation is 1. The number of hydrogen-bond donors (Lipinski definition) is 2. The zero-order chi connectivity index (χ0) is 16.2. The molecule has 0 fully saturated rings. The predicted molar refractivity (Wildman–Crippen MR) is 87.9 cm³/mol. The van der Waals surface area contributed by atoms with E-state index >= 15 is 0 Å². The molecule has 116 valence electrons. The van der Waals surface area contributed by atoms with Gasteiger partial charge in [0.05, 0.1) is 22.5 Å². The highest BCUT2D eigenvalue weighted by atomic mass is 32.2. The third kappa shape index (κ3) is 3.77. The zero-order valence-electron chi connectivity index (χ0n) is 12.4. The minimum atomic E-state index is -3.50. The topological polar surface area (TPSA) is 74.6 Å².